The molecule has 0 aliphatic carbocycles. The Labute approximate surface area is 166 Å². The molecule has 1 fully saturated rings. The molecule has 150 valence electrons. The van der Waals surface area contributed by atoms with Crippen LogP contribution in [0.5, 0.6) is 11.5 Å². The predicted molar refractivity (Wildman–Crippen MR) is 109 cm³/mol. The lowest BCUT2D eigenvalue weighted by atomic mass is 10.0. The fourth-order valence-corrected chi connectivity index (χ4v) is 3.30. The van der Waals surface area contributed by atoms with Crippen molar-refractivity contribution in [2.75, 3.05) is 26.2 Å². The molecule has 6 nitrogen and oxygen atoms in total. The number of ether oxygens (including phenoxy) is 1. The highest BCUT2D eigenvalue weighted by Crippen LogP contribution is 2.22. The minimum absolute atomic E-state index is 0.0953. The molecule has 2 amide bonds. The average molecular weight is 383 g/mol. The van der Waals surface area contributed by atoms with Crippen molar-refractivity contribution in [3.05, 3.63) is 60.2 Å². The standard InChI is InChI=1S/C22H29N3O3/c26-16-4-13-23-22(27)24-19-11-14-25(15-12-19)17-18-7-9-21(10-8-18)28-20-5-2-1-3-6-20/h1-3,5-10,19,26H,4,11-17H2,(H2,23,24,27). The maximum Gasteiger partial charge on any atom is 0.315 e. The van der Waals surface area contributed by atoms with Gasteiger partial charge < -0.3 is 20.5 Å². The van der Waals surface area contributed by atoms with Crippen molar-refractivity contribution in [3.63, 3.8) is 0 Å². The van der Waals surface area contributed by atoms with Gasteiger partial charge in [-0.05, 0) is 49.1 Å². The Morgan fingerprint density at radius 3 is 2.39 bits per heavy atom. The Bertz CT molecular complexity index is 714. The van der Waals surface area contributed by atoms with E-state index < -0.39 is 0 Å². The molecule has 1 aliphatic heterocycles. The van der Waals surface area contributed by atoms with Gasteiger partial charge in [0.15, 0.2) is 0 Å². The van der Waals surface area contributed by atoms with E-state index in [0.29, 0.717) is 13.0 Å². The van der Waals surface area contributed by atoms with Crippen molar-refractivity contribution in [1.82, 2.24) is 15.5 Å². The average Bonchev–Trinajstić information content (AvgIpc) is 2.72. The molecule has 0 saturated carbocycles. The summed E-state index contributed by atoms with van der Waals surface area (Å²) in [6.07, 6.45) is 2.48. The molecule has 0 atom stereocenters. The van der Waals surface area contributed by atoms with Crippen LogP contribution in [0.2, 0.25) is 0 Å². The van der Waals surface area contributed by atoms with E-state index in [1.807, 2.05) is 42.5 Å². The number of hydrogen-bond donors (Lipinski definition) is 3. The van der Waals surface area contributed by atoms with Crippen LogP contribution in [0.1, 0.15) is 24.8 Å². The Morgan fingerprint density at radius 1 is 1.04 bits per heavy atom. The molecule has 0 unspecified atom stereocenters. The fourth-order valence-electron chi connectivity index (χ4n) is 3.30. The van der Waals surface area contributed by atoms with Crippen molar-refractivity contribution in [1.29, 1.82) is 0 Å². The monoisotopic (exact) mass is 383 g/mol. The Balaban J connectivity index is 1.39. The third-order valence-corrected chi connectivity index (χ3v) is 4.85. The van der Waals surface area contributed by atoms with E-state index in [1.54, 1.807) is 0 Å². The Kier molecular flexibility index (Phi) is 7.70. The van der Waals surface area contributed by atoms with Gasteiger partial charge in [-0.15, -0.1) is 0 Å². The molecule has 3 N–H and O–H groups in total. The van der Waals surface area contributed by atoms with Gasteiger partial charge in [0.05, 0.1) is 0 Å². The maximum atomic E-state index is 11.8. The van der Waals surface area contributed by atoms with Gasteiger partial charge in [0.2, 0.25) is 0 Å². The molecule has 0 radical (unpaired) electrons. The summed E-state index contributed by atoms with van der Waals surface area (Å²) < 4.78 is 5.84. The topological polar surface area (TPSA) is 73.8 Å². The van der Waals surface area contributed by atoms with Crippen LogP contribution in [-0.2, 0) is 6.54 Å². The molecule has 1 saturated heterocycles. The van der Waals surface area contributed by atoms with Crippen molar-refractivity contribution in [2.24, 2.45) is 0 Å². The largest absolute Gasteiger partial charge is 0.457 e. The van der Waals surface area contributed by atoms with Crippen LogP contribution in [0.4, 0.5) is 4.79 Å². The van der Waals surface area contributed by atoms with Crippen molar-refractivity contribution in [3.8, 4) is 11.5 Å². The number of hydrogen-bond acceptors (Lipinski definition) is 4. The van der Waals surface area contributed by atoms with E-state index in [9.17, 15) is 4.79 Å². The summed E-state index contributed by atoms with van der Waals surface area (Å²) >= 11 is 0. The number of aliphatic hydroxyl groups excluding tert-OH is 1. The SMILES string of the molecule is O=C(NCCCO)NC1CCN(Cc2ccc(Oc3ccccc3)cc2)CC1. The van der Waals surface area contributed by atoms with Gasteiger partial charge in [0, 0.05) is 38.8 Å². The van der Waals surface area contributed by atoms with Gasteiger partial charge in [-0.25, -0.2) is 4.79 Å². The van der Waals surface area contributed by atoms with Gasteiger partial charge in [0.25, 0.3) is 0 Å². The van der Waals surface area contributed by atoms with Gasteiger partial charge in [-0.1, -0.05) is 30.3 Å². The van der Waals surface area contributed by atoms with E-state index >= 15 is 0 Å². The number of piperidine rings is 1. The van der Waals surface area contributed by atoms with Crippen LogP contribution in [0, 0.1) is 0 Å². The lowest BCUT2D eigenvalue weighted by Gasteiger charge is -2.32. The van der Waals surface area contributed by atoms with Gasteiger partial charge in [0.1, 0.15) is 11.5 Å². The van der Waals surface area contributed by atoms with E-state index in [4.69, 9.17) is 9.84 Å². The molecular weight excluding hydrogens is 354 g/mol. The quantitative estimate of drug-likeness (QED) is 0.613. The Morgan fingerprint density at radius 2 is 1.71 bits per heavy atom. The lowest BCUT2D eigenvalue weighted by molar-refractivity contribution is 0.186. The van der Waals surface area contributed by atoms with E-state index in [-0.39, 0.29) is 18.7 Å². The summed E-state index contributed by atoms with van der Waals surface area (Å²) in [5.41, 5.74) is 1.26. The third kappa shape index (κ3) is 6.55. The zero-order valence-corrected chi connectivity index (χ0v) is 16.1. The highest BCUT2D eigenvalue weighted by molar-refractivity contribution is 5.74. The minimum Gasteiger partial charge on any atom is -0.457 e. The molecular formula is C22H29N3O3. The van der Waals surface area contributed by atoms with Crippen molar-refractivity contribution >= 4 is 6.03 Å². The van der Waals surface area contributed by atoms with Gasteiger partial charge in [-0.3, -0.25) is 4.90 Å². The number of carbonyl (C=O) groups excluding carboxylic acids is 1. The number of nitrogens with zero attached hydrogens (tertiary/aromatic N) is 1. The van der Waals surface area contributed by atoms with E-state index in [1.165, 1.54) is 5.56 Å². The first-order valence-corrected chi connectivity index (χ1v) is 9.92. The molecule has 2 aromatic carbocycles. The predicted octanol–water partition coefficient (Wildman–Crippen LogP) is 3.12. The first-order valence-electron chi connectivity index (χ1n) is 9.92. The number of nitrogens with one attached hydrogen (secondary N) is 2. The second-order valence-electron chi connectivity index (χ2n) is 7.09. The van der Waals surface area contributed by atoms with Crippen LogP contribution in [0.25, 0.3) is 0 Å². The normalized spacial score (nSPS) is 15.2. The number of likely N-dealkylation sites (tertiary alicyclic amines) is 1. The smallest absolute Gasteiger partial charge is 0.315 e. The Hall–Kier alpha value is -2.57. The molecule has 1 heterocycles. The fraction of sp³-hybridized carbons (Fsp3) is 0.409. The molecule has 6 heteroatoms. The molecule has 0 spiro atoms. The number of para-hydroxylation sites is 1. The highest BCUT2D eigenvalue weighted by atomic mass is 16.5. The minimum atomic E-state index is -0.138. The van der Waals surface area contributed by atoms with Crippen LogP contribution < -0.4 is 15.4 Å². The second kappa shape index (κ2) is 10.7. The number of aliphatic hydroxyl groups is 1. The zero-order chi connectivity index (χ0) is 19.6. The first-order chi connectivity index (χ1) is 13.7. The number of amides is 2. The number of carbonyl (C=O) groups is 1. The summed E-state index contributed by atoms with van der Waals surface area (Å²) in [6.45, 7) is 3.43. The first kappa shape index (κ1) is 20.2. The number of benzene rings is 2. The van der Waals surface area contributed by atoms with Crippen molar-refractivity contribution < 1.29 is 14.6 Å². The lowest BCUT2D eigenvalue weighted by Crippen LogP contribution is -2.47. The number of rotatable bonds is 8. The van der Waals surface area contributed by atoms with Crippen LogP contribution in [-0.4, -0.2) is 48.3 Å². The van der Waals surface area contributed by atoms with Gasteiger partial charge >= 0.3 is 6.03 Å². The second-order valence-corrected chi connectivity index (χ2v) is 7.09. The summed E-state index contributed by atoms with van der Waals surface area (Å²) in [5, 5.41) is 14.5. The van der Waals surface area contributed by atoms with E-state index in [0.717, 1.165) is 44.0 Å². The number of urea groups is 1. The molecule has 0 aromatic heterocycles. The summed E-state index contributed by atoms with van der Waals surface area (Å²) in [7, 11) is 0. The molecule has 0 bridgehead atoms. The van der Waals surface area contributed by atoms with Crippen LogP contribution in [0.15, 0.2) is 54.6 Å². The van der Waals surface area contributed by atoms with Crippen LogP contribution >= 0.6 is 0 Å². The third-order valence-electron chi connectivity index (χ3n) is 4.85. The van der Waals surface area contributed by atoms with E-state index in [2.05, 4.69) is 27.7 Å². The molecule has 2 aromatic rings. The van der Waals surface area contributed by atoms with Crippen molar-refractivity contribution in [2.45, 2.75) is 31.8 Å². The molecule has 1 aliphatic rings. The van der Waals surface area contributed by atoms with Gasteiger partial charge in [-0.2, -0.15) is 0 Å². The maximum absolute atomic E-state index is 11.8. The summed E-state index contributed by atoms with van der Waals surface area (Å²) in [5.74, 6) is 1.68. The zero-order valence-electron chi connectivity index (χ0n) is 16.1. The highest BCUT2D eigenvalue weighted by Gasteiger charge is 2.20. The molecule has 28 heavy (non-hydrogen) atoms. The summed E-state index contributed by atoms with van der Waals surface area (Å²) in [6, 6.07) is 18.1. The van der Waals surface area contributed by atoms with Crippen LogP contribution in [0.3, 0.4) is 0 Å². The summed E-state index contributed by atoms with van der Waals surface area (Å²) in [4.78, 5) is 14.2. The molecule has 3 rings (SSSR count).